The largest absolute Gasteiger partial charge is 0.481 e. The molecule has 4 heteroatoms. The van der Waals surface area contributed by atoms with Crippen LogP contribution in [-0.2, 0) is 4.79 Å². The average molecular weight is 242 g/mol. The Morgan fingerprint density at radius 2 is 2.06 bits per heavy atom. The highest BCUT2D eigenvalue weighted by molar-refractivity contribution is 6.31. The zero-order chi connectivity index (χ0) is 12.1. The molecular weight excluding hydrogens is 226 g/mol. The fraction of sp³-hybridized carbons (Fsp3) is 0.417. The molecule has 0 bridgehead atoms. The lowest BCUT2D eigenvalue weighted by molar-refractivity contribution is -0.137. The van der Waals surface area contributed by atoms with E-state index in [-0.39, 0.29) is 18.5 Å². The zero-order valence-electron chi connectivity index (χ0n) is 9.40. The van der Waals surface area contributed by atoms with Crippen molar-refractivity contribution in [2.45, 2.75) is 32.4 Å². The summed E-state index contributed by atoms with van der Waals surface area (Å²) in [5, 5.41) is 12.6. The van der Waals surface area contributed by atoms with Gasteiger partial charge in [0.2, 0.25) is 0 Å². The Morgan fingerprint density at radius 3 is 2.62 bits per heavy atom. The third-order valence-electron chi connectivity index (χ3n) is 2.39. The van der Waals surface area contributed by atoms with Crippen LogP contribution in [0.1, 0.15) is 31.9 Å². The molecule has 1 unspecified atom stereocenters. The fourth-order valence-electron chi connectivity index (χ4n) is 1.66. The van der Waals surface area contributed by atoms with Crippen molar-refractivity contribution in [3.05, 3.63) is 34.9 Å². The van der Waals surface area contributed by atoms with Crippen molar-refractivity contribution in [1.29, 1.82) is 0 Å². The maximum Gasteiger partial charge on any atom is 0.304 e. The molecule has 0 fully saturated rings. The first-order valence-electron chi connectivity index (χ1n) is 5.23. The molecule has 2 atom stereocenters. The van der Waals surface area contributed by atoms with Gasteiger partial charge in [-0.1, -0.05) is 29.8 Å². The second-order valence-electron chi connectivity index (χ2n) is 3.91. The average Bonchev–Trinajstić information content (AvgIpc) is 2.16. The molecule has 2 N–H and O–H groups in total. The predicted molar refractivity (Wildman–Crippen MR) is 64.7 cm³/mol. The second kappa shape index (κ2) is 5.87. The van der Waals surface area contributed by atoms with E-state index >= 15 is 0 Å². The molecule has 0 aliphatic rings. The molecule has 1 rings (SSSR count). The van der Waals surface area contributed by atoms with E-state index in [2.05, 4.69) is 5.32 Å². The van der Waals surface area contributed by atoms with Crippen LogP contribution in [0.2, 0.25) is 5.02 Å². The second-order valence-corrected chi connectivity index (χ2v) is 4.32. The van der Waals surface area contributed by atoms with Crippen molar-refractivity contribution >= 4 is 17.6 Å². The summed E-state index contributed by atoms with van der Waals surface area (Å²) < 4.78 is 0. The first-order valence-corrected chi connectivity index (χ1v) is 5.60. The van der Waals surface area contributed by atoms with Gasteiger partial charge in [0, 0.05) is 17.1 Å². The number of carboxylic acid groups (broad SMARTS) is 1. The quantitative estimate of drug-likeness (QED) is 0.834. The fourth-order valence-corrected chi connectivity index (χ4v) is 1.96. The molecule has 0 spiro atoms. The molecule has 0 saturated heterocycles. The van der Waals surface area contributed by atoms with Gasteiger partial charge in [0.1, 0.15) is 0 Å². The summed E-state index contributed by atoms with van der Waals surface area (Å²) in [6.45, 7) is 3.82. The maximum atomic E-state index is 10.5. The zero-order valence-corrected chi connectivity index (χ0v) is 10.2. The summed E-state index contributed by atoms with van der Waals surface area (Å²) >= 11 is 6.05. The third kappa shape index (κ3) is 3.83. The molecule has 0 aliphatic carbocycles. The van der Waals surface area contributed by atoms with Crippen molar-refractivity contribution < 1.29 is 9.90 Å². The minimum absolute atomic E-state index is 0.0445. The molecule has 0 radical (unpaired) electrons. The Hall–Kier alpha value is -1.06. The van der Waals surface area contributed by atoms with E-state index in [9.17, 15) is 4.79 Å². The number of carbonyl (C=O) groups is 1. The van der Waals surface area contributed by atoms with Gasteiger partial charge >= 0.3 is 5.97 Å². The molecule has 0 saturated carbocycles. The molecule has 1 aromatic carbocycles. The van der Waals surface area contributed by atoms with Gasteiger partial charge in [-0.15, -0.1) is 0 Å². The van der Waals surface area contributed by atoms with Crippen LogP contribution in [0, 0.1) is 0 Å². The third-order valence-corrected chi connectivity index (χ3v) is 2.73. The first kappa shape index (κ1) is 13.0. The smallest absolute Gasteiger partial charge is 0.304 e. The number of carboxylic acids is 1. The number of halogens is 1. The number of hydrogen-bond acceptors (Lipinski definition) is 2. The van der Waals surface area contributed by atoms with E-state index in [1.807, 2.05) is 38.1 Å². The van der Waals surface area contributed by atoms with Crippen LogP contribution in [0.3, 0.4) is 0 Å². The van der Waals surface area contributed by atoms with Crippen molar-refractivity contribution in [3.63, 3.8) is 0 Å². The highest BCUT2D eigenvalue weighted by atomic mass is 35.5. The number of hydrogen-bond donors (Lipinski definition) is 2. The molecule has 0 amide bonds. The van der Waals surface area contributed by atoms with Crippen molar-refractivity contribution in [1.82, 2.24) is 5.32 Å². The van der Waals surface area contributed by atoms with E-state index in [4.69, 9.17) is 16.7 Å². The van der Waals surface area contributed by atoms with Crippen LogP contribution in [0.4, 0.5) is 0 Å². The lowest BCUT2D eigenvalue weighted by Crippen LogP contribution is -2.31. The summed E-state index contributed by atoms with van der Waals surface area (Å²) in [4.78, 5) is 10.5. The molecule has 3 nitrogen and oxygen atoms in total. The lowest BCUT2D eigenvalue weighted by Gasteiger charge is -2.19. The monoisotopic (exact) mass is 241 g/mol. The van der Waals surface area contributed by atoms with Crippen molar-refractivity contribution in [3.8, 4) is 0 Å². The molecule has 0 aromatic heterocycles. The molecule has 0 aliphatic heterocycles. The van der Waals surface area contributed by atoms with E-state index in [0.29, 0.717) is 5.02 Å². The van der Waals surface area contributed by atoms with Crippen LogP contribution < -0.4 is 5.32 Å². The van der Waals surface area contributed by atoms with Gasteiger partial charge in [-0.2, -0.15) is 0 Å². The van der Waals surface area contributed by atoms with Gasteiger partial charge in [0.15, 0.2) is 0 Å². The Bertz CT molecular complexity index is 368. The minimum atomic E-state index is -0.800. The Morgan fingerprint density at radius 1 is 1.44 bits per heavy atom. The highest BCUT2D eigenvalue weighted by Crippen LogP contribution is 2.22. The topological polar surface area (TPSA) is 49.3 Å². The number of nitrogens with one attached hydrogen (secondary N) is 1. The van der Waals surface area contributed by atoms with Crippen LogP contribution in [0.25, 0.3) is 0 Å². The van der Waals surface area contributed by atoms with E-state index in [0.717, 1.165) is 5.56 Å². The van der Waals surface area contributed by atoms with Gasteiger partial charge in [-0.05, 0) is 25.5 Å². The van der Waals surface area contributed by atoms with Gasteiger partial charge in [-0.25, -0.2) is 0 Å². The van der Waals surface area contributed by atoms with E-state index < -0.39 is 5.97 Å². The Kier molecular flexibility index (Phi) is 4.77. The van der Waals surface area contributed by atoms with Crippen LogP contribution in [0.15, 0.2) is 24.3 Å². The summed E-state index contributed by atoms with van der Waals surface area (Å²) in [5.41, 5.74) is 0.987. The Balaban J connectivity index is 2.62. The lowest BCUT2D eigenvalue weighted by atomic mass is 10.1. The molecule has 16 heavy (non-hydrogen) atoms. The summed E-state index contributed by atoms with van der Waals surface area (Å²) in [5.74, 6) is -0.800. The number of benzene rings is 1. The van der Waals surface area contributed by atoms with Crippen LogP contribution in [0.5, 0.6) is 0 Å². The predicted octanol–water partition coefficient (Wildman–Crippen LogP) is 2.85. The molecule has 1 aromatic rings. The van der Waals surface area contributed by atoms with E-state index in [1.165, 1.54) is 0 Å². The minimum Gasteiger partial charge on any atom is -0.481 e. The number of aliphatic carboxylic acids is 1. The van der Waals surface area contributed by atoms with Gasteiger partial charge in [0.25, 0.3) is 0 Å². The van der Waals surface area contributed by atoms with Crippen molar-refractivity contribution in [2.24, 2.45) is 0 Å². The van der Waals surface area contributed by atoms with Gasteiger partial charge in [-0.3, -0.25) is 4.79 Å². The standard InChI is InChI=1S/C12H16ClNO2/c1-8(7-12(15)16)14-9(2)10-5-3-4-6-11(10)13/h3-6,8-9,14H,7H2,1-2H3,(H,15,16)/t8-,9?/m1/s1. The summed E-state index contributed by atoms with van der Waals surface area (Å²) in [7, 11) is 0. The molecule has 88 valence electrons. The van der Waals surface area contributed by atoms with Crippen LogP contribution >= 0.6 is 11.6 Å². The van der Waals surface area contributed by atoms with Crippen molar-refractivity contribution in [2.75, 3.05) is 0 Å². The van der Waals surface area contributed by atoms with Gasteiger partial charge < -0.3 is 10.4 Å². The maximum absolute atomic E-state index is 10.5. The van der Waals surface area contributed by atoms with Crippen LogP contribution in [-0.4, -0.2) is 17.1 Å². The molecular formula is C12H16ClNO2. The highest BCUT2D eigenvalue weighted by Gasteiger charge is 2.13. The number of rotatable bonds is 5. The SMILES string of the molecule is CC(N[C@H](C)CC(=O)O)c1ccccc1Cl. The molecule has 0 heterocycles. The summed E-state index contributed by atoms with van der Waals surface area (Å²) in [6.07, 6.45) is 0.106. The first-order chi connectivity index (χ1) is 7.50. The Labute approximate surface area is 100 Å². The summed E-state index contributed by atoms with van der Waals surface area (Å²) in [6, 6.07) is 7.53. The normalized spacial score (nSPS) is 14.4. The van der Waals surface area contributed by atoms with Gasteiger partial charge in [0.05, 0.1) is 6.42 Å². The van der Waals surface area contributed by atoms with E-state index in [1.54, 1.807) is 0 Å².